The van der Waals surface area contributed by atoms with Crippen molar-refractivity contribution in [1.29, 1.82) is 0 Å². The Kier molecular flexibility index (Phi) is 4.67. The normalized spacial score (nSPS) is 30.3. The van der Waals surface area contributed by atoms with E-state index >= 15 is 0 Å². The van der Waals surface area contributed by atoms with E-state index in [1.807, 2.05) is 17.0 Å². The highest BCUT2D eigenvalue weighted by molar-refractivity contribution is 5.78. The van der Waals surface area contributed by atoms with Crippen LogP contribution in [-0.4, -0.2) is 72.7 Å². The van der Waals surface area contributed by atoms with Crippen LogP contribution in [0.2, 0.25) is 0 Å². The Morgan fingerprint density at radius 2 is 2.17 bits per heavy atom. The third kappa shape index (κ3) is 3.39. The number of rotatable bonds is 4. The molecule has 1 aliphatic carbocycles. The number of likely N-dealkylation sites (tertiary alicyclic amines) is 1. The van der Waals surface area contributed by atoms with E-state index in [0.717, 1.165) is 38.3 Å². The molecule has 3 heterocycles. The molecule has 2 aliphatic heterocycles. The number of ether oxygens (including phenoxy) is 2. The Hall–Kier alpha value is -1.66. The molecule has 0 unspecified atom stereocenters. The number of pyridine rings is 1. The number of fused-ring (bicyclic) bond motifs is 1. The summed E-state index contributed by atoms with van der Waals surface area (Å²) in [4.78, 5) is 20.8. The first-order valence-corrected chi connectivity index (χ1v) is 8.94. The van der Waals surface area contributed by atoms with Gasteiger partial charge in [0.1, 0.15) is 11.9 Å². The molecule has 6 heteroatoms. The second kappa shape index (κ2) is 7.07. The van der Waals surface area contributed by atoms with Gasteiger partial charge in [-0.05, 0) is 30.9 Å². The molecule has 0 radical (unpaired) electrons. The van der Waals surface area contributed by atoms with Crippen LogP contribution in [0.3, 0.4) is 0 Å². The standard InChI is InChI=1S/C18H25N3O3/c22-18(21-6-8-23-9-7-21)13-20-11-14-3-4-17(16(14)12-20)24-15-2-1-5-19-10-15/h1-2,5,10,14,16-17H,3-4,6-9,11-13H2/t14-,16+,17-/m1/s1. The first-order valence-electron chi connectivity index (χ1n) is 8.94. The van der Waals surface area contributed by atoms with E-state index in [1.54, 1.807) is 12.4 Å². The third-order valence-corrected chi connectivity index (χ3v) is 5.51. The highest BCUT2D eigenvalue weighted by atomic mass is 16.5. The van der Waals surface area contributed by atoms with Gasteiger partial charge in [0.05, 0.1) is 26.0 Å². The predicted octanol–water partition coefficient (Wildman–Crippen LogP) is 1.03. The maximum absolute atomic E-state index is 12.4. The fourth-order valence-corrected chi connectivity index (χ4v) is 4.28. The Morgan fingerprint density at radius 3 is 2.96 bits per heavy atom. The second-order valence-electron chi connectivity index (χ2n) is 7.03. The number of hydrogen-bond acceptors (Lipinski definition) is 5. The van der Waals surface area contributed by atoms with E-state index in [-0.39, 0.29) is 12.0 Å². The van der Waals surface area contributed by atoms with Crippen LogP contribution in [-0.2, 0) is 9.53 Å². The molecule has 130 valence electrons. The zero-order chi connectivity index (χ0) is 16.4. The molecule has 1 aromatic rings. The zero-order valence-corrected chi connectivity index (χ0v) is 14.0. The molecule has 0 N–H and O–H groups in total. The summed E-state index contributed by atoms with van der Waals surface area (Å²) in [6.07, 6.45) is 6.09. The lowest BCUT2D eigenvalue weighted by molar-refractivity contribution is -0.136. The summed E-state index contributed by atoms with van der Waals surface area (Å²) in [5.41, 5.74) is 0. The number of amides is 1. The van der Waals surface area contributed by atoms with E-state index in [0.29, 0.717) is 31.6 Å². The van der Waals surface area contributed by atoms with E-state index in [4.69, 9.17) is 9.47 Å². The first-order chi connectivity index (χ1) is 11.8. The fraction of sp³-hybridized carbons (Fsp3) is 0.667. The SMILES string of the molecule is O=C(CN1C[C@H]2CC[C@@H](Oc3cccnc3)[C@H]2C1)N1CCOCC1. The summed E-state index contributed by atoms with van der Waals surface area (Å²) in [5, 5.41) is 0. The topological polar surface area (TPSA) is 54.9 Å². The van der Waals surface area contributed by atoms with Crippen molar-refractivity contribution in [2.45, 2.75) is 18.9 Å². The van der Waals surface area contributed by atoms with Gasteiger partial charge in [-0.3, -0.25) is 14.7 Å². The Labute approximate surface area is 142 Å². The van der Waals surface area contributed by atoms with Gasteiger partial charge < -0.3 is 14.4 Å². The second-order valence-corrected chi connectivity index (χ2v) is 7.03. The van der Waals surface area contributed by atoms with Crippen molar-refractivity contribution in [3.8, 4) is 5.75 Å². The fourth-order valence-electron chi connectivity index (χ4n) is 4.28. The van der Waals surface area contributed by atoms with Crippen LogP contribution in [0, 0.1) is 11.8 Å². The van der Waals surface area contributed by atoms with Gasteiger partial charge in [-0.1, -0.05) is 0 Å². The number of nitrogens with zero attached hydrogens (tertiary/aromatic N) is 3. The molecular formula is C18H25N3O3. The summed E-state index contributed by atoms with van der Waals surface area (Å²) in [7, 11) is 0. The molecule has 0 spiro atoms. The number of carbonyl (C=O) groups excluding carboxylic acids is 1. The van der Waals surface area contributed by atoms with E-state index in [9.17, 15) is 4.79 Å². The molecule has 3 atom stereocenters. The molecule has 1 saturated carbocycles. The lowest BCUT2D eigenvalue weighted by Gasteiger charge is -2.29. The summed E-state index contributed by atoms with van der Waals surface area (Å²) < 4.78 is 11.5. The van der Waals surface area contributed by atoms with Gasteiger partial charge in [0.15, 0.2) is 0 Å². The van der Waals surface area contributed by atoms with Crippen LogP contribution in [0.1, 0.15) is 12.8 Å². The van der Waals surface area contributed by atoms with Crippen molar-refractivity contribution in [1.82, 2.24) is 14.8 Å². The van der Waals surface area contributed by atoms with Crippen LogP contribution in [0.15, 0.2) is 24.5 Å². The maximum atomic E-state index is 12.4. The van der Waals surface area contributed by atoms with Crippen LogP contribution in [0.5, 0.6) is 5.75 Å². The Balaban J connectivity index is 1.31. The minimum absolute atomic E-state index is 0.239. The van der Waals surface area contributed by atoms with Gasteiger partial charge in [-0.25, -0.2) is 0 Å². The number of carbonyl (C=O) groups is 1. The van der Waals surface area contributed by atoms with Gasteiger partial charge >= 0.3 is 0 Å². The monoisotopic (exact) mass is 331 g/mol. The van der Waals surface area contributed by atoms with Crippen molar-refractivity contribution >= 4 is 5.91 Å². The molecule has 6 nitrogen and oxygen atoms in total. The summed E-state index contributed by atoms with van der Waals surface area (Å²) >= 11 is 0. The quantitative estimate of drug-likeness (QED) is 0.825. The Bertz CT molecular complexity index is 562. The van der Waals surface area contributed by atoms with Crippen molar-refractivity contribution in [2.24, 2.45) is 11.8 Å². The van der Waals surface area contributed by atoms with Gasteiger partial charge in [-0.15, -0.1) is 0 Å². The highest BCUT2D eigenvalue weighted by Gasteiger charge is 2.44. The maximum Gasteiger partial charge on any atom is 0.236 e. The van der Waals surface area contributed by atoms with Crippen LogP contribution in [0.4, 0.5) is 0 Å². The summed E-state index contributed by atoms with van der Waals surface area (Å²) in [6, 6.07) is 3.87. The molecule has 4 rings (SSSR count). The van der Waals surface area contributed by atoms with Crippen LogP contribution < -0.4 is 4.74 Å². The van der Waals surface area contributed by atoms with Gasteiger partial charge in [0, 0.05) is 38.3 Å². The molecule has 1 aromatic heterocycles. The van der Waals surface area contributed by atoms with Crippen molar-refractivity contribution in [3.05, 3.63) is 24.5 Å². The first kappa shape index (κ1) is 15.8. The van der Waals surface area contributed by atoms with Gasteiger partial charge in [0.25, 0.3) is 0 Å². The highest BCUT2D eigenvalue weighted by Crippen LogP contribution is 2.40. The Morgan fingerprint density at radius 1 is 1.29 bits per heavy atom. The number of hydrogen-bond donors (Lipinski definition) is 0. The minimum Gasteiger partial charge on any atom is -0.488 e. The molecule has 3 aliphatic rings. The van der Waals surface area contributed by atoms with E-state index in [1.165, 1.54) is 6.42 Å². The molecular weight excluding hydrogens is 306 g/mol. The molecule has 1 amide bonds. The van der Waals surface area contributed by atoms with Crippen LogP contribution >= 0.6 is 0 Å². The number of morpholine rings is 1. The molecule has 2 saturated heterocycles. The largest absolute Gasteiger partial charge is 0.488 e. The smallest absolute Gasteiger partial charge is 0.236 e. The molecule has 3 fully saturated rings. The van der Waals surface area contributed by atoms with Crippen molar-refractivity contribution in [3.63, 3.8) is 0 Å². The van der Waals surface area contributed by atoms with Crippen molar-refractivity contribution in [2.75, 3.05) is 45.9 Å². The average molecular weight is 331 g/mol. The zero-order valence-electron chi connectivity index (χ0n) is 14.0. The molecule has 24 heavy (non-hydrogen) atoms. The lowest BCUT2D eigenvalue weighted by atomic mass is 9.99. The third-order valence-electron chi connectivity index (χ3n) is 5.51. The van der Waals surface area contributed by atoms with Gasteiger partial charge in [0.2, 0.25) is 5.91 Å². The summed E-state index contributed by atoms with van der Waals surface area (Å²) in [6.45, 7) is 5.31. The predicted molar refractivity (Wildman–Crippen MR) is 88.7 cm³/mol. The minimum atomic E-state index is 0.239. The lowest BCUT2D eigenvalue weighted by Crippen LogP contribution is -2.45. The average Bonchev–Trinajstić information content (AvgIpc) is 3.18. The van der Waals surface area contributed by atoms with E-state index in [2.05, 4.69) is 9.88 Å². The van der Waals surface area contributed by atoms with Crippen LogP contribution in [0.25, 0.3) is 0 Å². The summed E-state index contributed by atoms with van der Waals surface area (Å²) in [5.74, 6) is 2.28. The number of aromatic nitrogens is 1. The van der Waals surface area contributed by atoms with Crippen molar-refractivity contribution < 1.29 is 14.3 Å². The molecule has 0 bridgehead atoms. The molecule has 0 aromatic carbocycles. The van der Waals surface area contributed by atoms with E-state index < -0.39 is 0 Å². The van der Waals surface area contributed by atoms with Gasteiger partial charge in [-0.2, -0.15) is 0 Å².